The highest BCUT2D eigenvalue weighted by Gasteiger charge is 2.16. The van der Waals surface area contributed by atoms with Crippen molar-refractivity contribution in [1.29, 1.82) is 0 Å². The summed E-state index contributed by atoms with van der Waals surface area (Å²) in [6.07, 6.45) is 2.56. The zero-order valence-corrected chi connectivity index (χ0v) is 11.6. The van der Waals surface area contributed by atoms with E-state index in [0.29, 0.717) is 12.1 Å². The van der Waals surface area contributed by atoms with Crippen LogP contribution in [0, 0.1) is 0 Å². The Bertz CT molecular complexity index is 410. The van der Waals surface area contributed by atoms with Crippen molar-refractivity contribution in [3.05, 3.63) is 35.4 Å². The molecular weight excluding hydrogens is 238 g/mol. The first-order valence-electron chi connectivity index (χ1n) is 7.01. The highest BCUT2D eigenvalue weighted by molar-refractivity contribution is 5.94. The van der Waals surface area contributed by atoms with Crippen LogP contribution in [0.1, 0.15) is 35.7 Å². The fraction of sp³-hybridized carbons (Fsp3) is 0.533. The summed E-state index contributed by atoms with van der Waals surface area (Å²) in [6, 6.07) is 7.65. The van der Waals surface area contributed by atoms with Gasteiger partial charge in [0.2, 0.25) is 0 Å². The maximum Gasteiger partial charge on any atom is 0.251 e. The zero-order chi connectivity index (χ0) is 13.7. The largest absolute Gasteiger partial charge is 0.348 e. The quantitative estimate of drug-likeness (QED) is 0.841. The van der Waals surface area contributed by atoms with Gasteiger partial charge in [-0.15, -0.1) is 0 Å². The number of nitrogens with two attached hydrogens (primary N) is 1. The van der Waals surface area contributed by atoms with Crippen LogP contribution in [0.25, 0.3) is 0 Å². The Morgan fingerprint density at radius 3 is 2.53 bits per heavy atom. The average molecular weight is 261 g/mol. The second-order valence-electron chi connectivity index (χ2n) is 5.28. The lowest BCUT2D eigenvalue weighted by atomic mass is 10.1. The Morgan fingerprint density at radius 1 is 1.32 bits per heavy atom. The van der Waals surface area contributed by atoms with Crippen molar-refractivity contribution in [3.8, 4) is 0 Å². The molecule has 19 heavy (non-hydrogen) atoms. The third-order valence-corrected chi connectivity index (χ3v) is 3.56. The molecule has 1 atom stereocenters. The minimum Gasteiger partial charge on any atom is -0.348 e. The number of carbonyl (C=O) groups excluding carboxylic acids is 1. The van der Waals surface area contributed by atoms with Gasteiger partial charge in [-0.1, -0.05) is 12.1 Å². The number of nitrogens with one attached hydrogen (secondary N) is 1. The van der Waals surface area contributed by atoms with Gasteiger partial charge in [0.05, 0.1) is 0 Å². The van der Waals surface area contributed by atoms with Gasteiger partial charge >= 0.3 is 0 Å². The minimum absolute atomic E-state index is 0.00438. The number of hydrogen-bond donors (Lipinski definition) is 2. The third kappa shape index (κ3) is 4.04. The number of carbonyl (C=O) groups is 1. The average Bonchev–Trinajstić information content (AvgIpc) is 2.91. The first kappa shape index (κ1) is 14.0. The van der Waals surface area contributed by atoms with Crippen LogP contribution in [0.2, 0.25) is 0 Å². The maximum absolute atomic E-state index is 12.1. The molecule has 4 heteroatoms. The first-order chi connectivity index (χ1) is 9.19. The van der Waals surface area contributed by atoms with Crippen molar-refractivity contribution in [2.45, 2.75) is 32.4 Å². The van der Waals surface area contributed by atoms with E-state index >= 15 is 0 Å². The fourth-order valence-electron chi connectivity index (χ4n) is 2.50. The molecule has 0 bridgehead atoms. The van der Waals surface area contributed by atoms with E-state index in [-0.39, 0.29) is 11.9 Å². The summed E-state index contributed by atoms with van der Waals surface area (Å²) < 4.78 is 0. The third-order valence-electron chi connectivity index (χ3n) is 3.56. The molecule has 1 aliphatic rings. The maximum atomic E-state index is 12.1. The number of nitrogens with zero attached hydrogens (tertiary/aromatic N) is 1. The second-order valence-corrected chi connectivity index (χ2v) is 5.28. The summed E-state index contributed by atoms with van der Waals surface area (Å²) >= 11 is 0. The molecule has 1 amide bonds. The summed E-state index contributed by atoms with van der Waals surface area (Å²) in [4.78, 5) is 14.5. The molecule has 2 rings (SSSR count). The summed E-state index contributed by atoms with van der Waals surface area (Å²) in [5, 5.41) is 3.05. The van der Waals surface area contributed by atoms with Crippen LogP contribution in [0.3, 0.4) is 0 Å². The molecule has 1 aromatic rings. The van der Waals surface area contributed by atoms with Gasteiger partial charge in [-0.05, 0) is 50.6 Å². The smallest absolute Gasteiger partial charge is 0.251 e. The van der Waals surface area contributed by atoms with Crippen molar-refractivity contribution < 1.29 is 4.79 Å². The van der Waals surface area contributed by atoms with Gasteiger partial charge in [0.25, 0.3) is 5.91 Å². The molecule has 1 heterocycles. The Balaban J connectivity index is 1.84. The Morgan fingerprint density at radius 2 is 1.95 bits per heavy atom. The van der Waals surface area contributed by atoms with E-state index in [2.05, 4.69) is 17.1 Å². The van der Waals surface area contributed by atoms with Crippen molar-refractivity contribution >= 4 is 5.91 Å². The molecule has 0 aromatic heterocycles. The van der Waals surface area contributed by atoms with E-state index in [1.807, 2.05) is 24.3 Å². The van der Waals surface area contributed by atoms with Crippen molar-refractivity contribution in [3.63, 3.8) is 0 Å². The summed E-state index contributed by atoms with van der Waals surface area (Å²) in [6.45, 7) is 5.82. The Labute approximate surface area is 115 Å². The molecule has 1 saturated heterocycles. The molecule has 0 aliphatic carbocycles. The van der Waals surface area contributed by atoms with Crippen LogP contribution < -0.4 is 11.1 Å². The van der Waals surface area contributed by atoms with Crippen LogP contribution >= 0.6 is 0 Å². The molecule has 1 aromatic carbocycles. The van der Waals surface area contributed by atoms with Crippen LogP contribution in [-0.4, -0.2) is 36.5 Å². The summed E-state index contributed by atoms with van der Waals surface area (Å²) in [7, 11) is 0. The van der Waals surface area contributed by atoms with E-state index in [1.165, 1.54) is 12.8 Å². The molecule has 0 radical (unpaired) electrons. The number of rotatable bonds is 5. The highest BCUT2D eigenvalue weighted by Crippen LogP contribution is 2.08. The first-order valence-corrected chi connectivity index (χ1v) is 7.01. The standard InChI is InChI=1S/C15H23N3O/c1-12(11-18-8-2-3-9-18)17-15(19)14-6-4-13(10-16)5-7-14/h4-7,12H,2-3,8-11,16H2,1H3,(H,17,19). The van der Waals surface area contributed by atoms with E-state index in [9.17, 15) is 4.79 Å². The van der Waals surface area contributed by atoms with Crippen LogP contribution in [0.15, 0.2) is 24.3 Å². The minimum atomic E-state index is -0.00438. The van der Waals surface area contributed by atoms with E-state index in [4.69, 9.17) is 5.73 Å². The van der Waals surface area contributed by atoms with Crippen LogP contribution in [0.5, 0.6) is 0 Å². The number of likely N-dealkylation sites (tertiary alicyclic amines) is 1. The van der Waals surface area contributed by atoms with Crippen molar-refractivity contribution in [2.75, 3.05) is 19.6 Å². The zero-order valence-electron chi connectivity index (χ0n) is 11.6. The molecule has 4 nitrogen and oxygen atoms in total. The molecule has 1 unspecified atom stereocenters. The van der Waals surface area contributed by atoms with Crippen LogP contribution in [0.4, 0.5) is 0 Å². The molecule has 0 spiro atoms. The Hall–Kier alpha value is -1.39. The van der Waals surface area contributed by atoms with Gasteiger partial charge in [-0.2, -0.15) is 0 Å². The second kappa shape index (κ2) is 6.68. The molecule has 0 saturated carbocycles. The molecule has 1 fully saturated rings. The van der Waals surface area contributed by atoms with Gasteiger partial charge in [0.15, 0.2) is 0 Å². The molecular formula is C15H23N3O. The highest BCUT2D eigenvalue weighted by atomic mass is 16.1. The molecule has 104 valence electrons. The lowest BCUT2D eigenvalue weighted by Crippen LogP contribution is -2.41. The van der Waals surface area contributed by atoms with E-state index in [1.54, 1.807) is 0 Å². The predicted octanol–water partition coefficient (Wildman–Crippen LogP) is 1.36. The normalized spacial score (nSPS) is 17.4. The van der Waals surface area contributed by atoms with Crippen molar-refractivity contribution in [1.82, 2.24) is 10.2 Å². The molecule has 3 N–H and O–H groups in total. The van der Waals surface area contributed by atoms with E-state index in [0.717, 1.165) is 25.2 Å². The van der Waals surface area contributed by atoms with E-state index < -0.39 is 0 Å². The number of hydrogen-bond acceptors (Lipinski definition) is 3. The monoisotopic (exact) mass is 261 g/mol. The van der Waals surface area contributed by atoms with Crippen molar-refractivity contribution in [2.24, 2.45) is 5.73 Å². The Kier molecular flexibility index (Phi) is 4.93. The van der Waals surface area contributed by atoms with Gasteiger partial charge in [0, 0.05) is 24.7 Å². The summed E-state index contributed by atoms with van der Waals surface area (Å²) in [5.74, 6) is -0.00438. The number of benzene rings is 1. The van der Waals surface area contributed by atoms with Gasteiger partial charge < -0.3 is 16.0 Å². The number of amides is 1. The SMILES string of the molecule is CC(CN1CCCC1)NC(=O)c1ccc(CN)cc1. The molecule has 1 aliphatic heterocycles. The predicted molar refractivity (Wildman–Crippen MR) is 76.9 cm³/mol. The fourth-order valence-corrected chi connectivity index (χ4v) is 2.50. The van der Waals surface area contributed by atoms with Gasteiger partial charge in [0.1, 0.15) is 0 Å². The lowest BCUT2D eigenvalue weighted by Gasteiger charge is -2.21. The lowest BCUT2D eigenvalue weighted by molar-refractivity contribution is 0.0932. The van der Waals surface area contributed by atoms with Gasteiger partial charge in [-0.3, -0.25) is 4.79 Å². The van der Waals surface area contributed by atoms with Gasteiger partial charge in [-0.25, -0.2) is 0 Å². The van der Waals surface area contributed by atoms with Crippen LogP contribution in [-0.2, 0) is 6.54 Å². The summed E-state index contributed by atoms with van der Waals surface area (Å²) in [5.41, 5.74) is 7.28. The topological polar surface area (TPSA) is 58.4 Å².